The summed E-state index contributed by atoms with van der Waals surface area (Å²) in [7, 11) is 1.98. The van der Waals surface area contributed by atoms with Gasteiger partial charge in [-0.25, -0.2) is 4.98 Å². The Kier molecular flexibility index (Phi) is 4.78. The molecule has 2 N–H and O–H groups in total. The van der Waals surface area contributed by atoms with E-state index in [1.807, 2.05) is 7.05 Å². The van der Waals surface area contributed by atoms with Crippen molar-refractivity contribution in [3.8, 4) is 5.95 Å². The monoisotopic (exact) mass is 293 g/mol. The van der Waals surface area contributed by atoms with Gasteiger partial charge in [-0.05, 0) is 12.7 Å². The van der Waals surface area contributed by atoms with Crippen LogP contribution in [0.1, 0.15) is 13.3 Å². The maximum Gasteiger partial charge on any atom is 0.241 e. The zero-order chi connectivity index (χ0) is 14.5. The molecule has 0 fully saturated rings. The van der Waals surface area contributed by atoms with Gasteiger partial charge >= 0.3 is 0 Å². The molecule has 2 aromatic heterocycles. The predicted molar refractivity (Wildman–Crippen MR) is 82.2 cm³/mol. The molecule has 0 aliphatic heterocycles. The molecule has 0 saturated carbocycles. The van der Waals surface area contributed by atoms with E-state index in [0.29, 0.717) is 17.9 Å². The van der Waals surface area contributed by atoms with Crippen LogP contribution >= 0.6 is 11.8 Å². The van der Waals surface area contributed by atoms with Gasteiger partial charge in [-0.2, -0.15) is 26.7 Å². The van der Waals surface area contributed by atoms with E-state index in [2.05, 4.69) is 38.0 Å². The SMILES string of the molecule is CCC(CSC)N(C)c1nc(N)nc(-n2ccnc2)n1. The molecule has 20 heavy (non-hydrogen) atoms. The molecule has 1 unspecified atom stereocenters. The average Bonchev–Trinajstić information content (AvgIpc) is 2.97. The van der Waals surface area contributed by atoms with Crippen molar-refractivity contribution in [2.45, 2.75) is 19.4 Å². The average molecular weight is 293 g/mol. The van der Waals surface area contributed by atoms with Crippen molar-refractivity contribution in [2.75, 3.05) is 29.7 Å². The standard InChI is InChI=1S/C12H19N7S/c1-4-9(7-20-3)18(2)11-15-10(13)16-12(17-11)19-6-5-14-8-19/h5-6,8-9H,4,7H2,1-3H3,(H2,13,15,16,17). The first-order valence-electron chi connectivity index (χ1n) is 6.37. The molecule has 0 spiro atoms. The summed E-state index contributed by atoms with van der Waals surface area (Å²) in [6.45, 7) is 2.15. The lowest BCUT2D eigenvalue weighted by Gasteiger charge is -2.26. The van der Waals surface area contributed by atoms with Gasteiger partial charge in [-0.3, -0.25) is 4.57 Å². The van der Waals surface area contributed by atoms with Gasteiger partial charge in [0.15, 0.2) is 0 Å². The molecule has 7 nitrogen and oxygen atoms in total. The maximum absolute atomic E-state index is 5.79. The number of thioether (sulfide) groups is 1. The predicted octanol–water partition coefficient (Wildman–Crippen LogP) is 1.22. The van der Waals surface area contributed by atoms with Crippen molar-refractivity contribution in [2.24, 2.45) is 0 Å². The van der Waals surface area contributed by atoms with Crippen molar-refractivity contribution in [3.05, 3.63) is 18.7 Å². The molecular weight excluding hydrogens is 274 g/mol. The number of hydrogen-bond donors (Lipinski definition) is 1. The third-order valence-corrected chi connectivity index (χ3v) is 3.78. The molecule has 8 heteroatoms. The summed E-state index contributed by atoms with van der Waals surface area (Å²) < 4.78 is 1.71. The highest BCUT2D eigenvalue weighted by Crippen LogP contribution is 2.16. The Morgan fingerprint density at radius 2 is 2.20 bits per heavy atom. The lowest BCUT2D eigenvalue weighted by molar-refractivity contribution is 0.654. The van der Waals surface area contributed by atoms with Crippen LogP contribution in [0.5, 0.6) is 0 Å². The van der Waals surface area contributed by atoms with Crippen molar-refractivity contribution in [3.63, 3.8) is 0 Å². The fourth-order valence-electron chi connectivity index (χ4n) is 1.88. The number of nitrogen functional groups attached to an aromatic ring is 1. The summed E-state index contributed by atoms with van der Waals surface area (Å²) in [5, 5.41) is 0. The van der Waals surface area contributed by atoms with Crippen molar-refractivity contribution >= 4 is 23.7 Å². The van der Waals surface area contributed by atoms with Crippen molar-refractivity contribution < 1.29 is 0 Å². The third kappa shape index (κ3) is 3.19. The Hall–Kier alpha value is -1.83. The van der Waals surface area contributed by atoms with Gasteiger partial charge in [0.2, 0.25) is 17.8 Å². The van der Waals surface area contributed by atoms with E-state index >= 15 is 0 Å². The minimum atomic E-state index is 0.213. The number of imidazole rings is 1. The minimum absolute atomic E-state index is 0.213. The fraction of sp³-hybridized carbons (Fsp3) is 0.500. The molecule has 0 aliphatic carbocycles. The summed E-state index contributed by atoms with van der Waals surface area (Å²) in [4.78, 5) is 18.9. The summed E-state index contributed by atoms with van der Waals surface area (Å²) in [6, 6.07) is 0.363. The van der Waals surface area contributed by atoms with Gasteiger partial charge in [-0.15, -0.1) is 0 Å². The van der Waals surface area contributed by atoms with E-state index in [9.17, 15) is 0 Å². The Balaban J connectivity index is 2.32. The van der Waals surface area contributed by atoms with Crippen LogP contribution in [0.3, 0.4) is 0 Å². The van der Waals surface area contributed by atoms with Crippen LogP contribution in [0.15, 0.2) is 18.7 Å². The molecule has 0 radical (unpaired) electrons. The first kappa shape index (κ1) is 14.6. The topological polar surface area (TPSA) is 85.8 Å². The lowest BCUT2D eigenvalue weighted by atomic mass is 10.2. The Morgan fingerprint density at radius 3 is 2.80 bits per heavy atom. The summed E-state index contributed by atoms with van der Waals surface area (Å²) in [5.41, 5.74) is 5.79. The van der Waals surface area contributed by atoms with E-state index in [0.717, 1.165) is 12.2 Å². The van der Waals surface area contributed by atoms with Crippen LogP contribution in [0.2, 0.25) is 0 Å². The van der Waals surface area contributed by atoms with Gasteiger partial charge < -0.3 is 10.6 Å². The second-order valence-corrected chi connectivity index (χ2v) is 5.30. The summed E-state index contributed by atoms with van der Waals surface area (Å²) in [5.74, 6) is 2.29. The third-order valence-electron chi connectivity index (χ3n) is 3.06. The van der Waals surface area contributed by atoms with Gasteiger partial charge in [0.05, 0.1) is 0 Å². The Bertz CT molecular complexity index is 543. The first-order valence-corrected chi connectivity index (χ1v) is 7.76. The zero-order valence-electron chi connectivity index (χ0n) is 11.9. The lowest BCUT2D eigenvalue weighted by Crippen LogP contribution is -2.35. The van der Waals surface area contributed by atoms with Crippen LogP contribution in [0, 0.1) is 0 Å². The molecule has 0 aliphatic rings. The Labute approximate surface area is 122 Å². The number of nitrogens with zero attached hydrogens (tertiary/aromatic N) is 6. The van der Waals surface area contributed by atoms with E-state index in [1.54, 1.807) is 35.0 Å². The van der Waals surface area contributed by atoms with Gasteiger partial charge in [0.25, 0.3) is 0 Å². The van der Waals surface area contributed by atoms with E-state index in [1.165, 1.54) is 0 Å². The van der Waals surface area contributed by atoms with Crippen LogP contribution in [0.4, 0.5) is 11.9 Å². The molecule has 108 valence electrons. The van der Waals surface area contributed by atoms with Crippen LogP contribution in [-0.2, 0) is 0 Å². The molecular formula is C12H19N7S. The molecule has 0 aromatic carbocycles. The summed E-state index contributed by atoms with van der Waals surface area (Å²) in [6.07, 6.45) is 8.19. The number of aromatic nitrogens is 5. The number of anilines is 2. The van der Waals surface area contributed by atoms with E-state index < -0.39 is 0 Å². The largest absolute Gasteiger partial charge is 0.368 e. The van der Waals surface area contributed by atoms with E-state index in [-0.39, 0.29) is 5.95 Å². The van der Waals surface area contributed by atoms with E-state index in [4.69, 9.17) is 5.73 Å². The van der Waals surface area contributed by atoms with Crippen LogP contribution < -0.4 is 10.6 Å². The van der Waals surface area contributed by atoms with Crippen molar-refractivity contribution in [1.82, 2.24) is 24.5 Å². The molecule has 1 atom stereocenters. The molecule has 0 amide bonds. The van der Waals surface area contributed by atoms with Crippen LogP contribution in [-0.4, -0.2) is 49.6 Å². The molecule has 0 saturated heterocycles. The highest BCUT2D eigenvalue weighted by Gasteiger charge is 2.17. The maximum atomic E-state index is 5.79. The van der Waals surface area contributed by atoms with Crippen molar-refractivity contribution in [1.29, 1.82) is 0 Å². The summed E-state index contributed by atoms with van der Waals surface area (Å²) >= 11 is 1.80. The highest BCUT2D eigenvalue weighted by atomic mass is 32.2. The van der Waals surface area contributed by atoms with Gasteiger partial charge in [-0.1, -0.05) is 6.92 Å². The normalized spacial score (nSPS) is 12.3. The minimum Gasteiger partial charge on any atom is -0.368 e. The second-order valence-electron chi connectivity index (χ2n) is 4.39. The number of hydrogen-bond acceptors (Lipinski definition) is 7. The van der Waals surface area contributed by atoms with Gasteiger partial charge in [0.1, 0.15) is 6.33 Å². The highest BCUT2D eigenvalue weighted by molar-refractivity contribution is 7.98. The smallest absolute Gasteiger partial charge is 0.241 e. The molecule has 0 bridgehead atoms. The Morgan fingerprint density at radius 1 is 1.40 bits per heavy atom. The first-order chi connectivity index (χ1) is 9.65. The number of rotatable bonds is 6. The molecule has 2 rings (SSSR count). The second kappa shape index (κ2) is 6.56. The van der Waals surface area contributed by atoms with Gasteiger partial charge in [0, 0.05) is 31.2 Å². The quantitative estimate of drug-likeness (QED) is 0.857. The molecule has 2 heterocycles. The number of nitrogens with two attached hydrogens (primary N) is 1. The fourth-order valence-corrected chi connectivity index (χ4v) is 2.72. The van der Waals surface area contributed by atoms with Crippen LogP contribution in [0.25, 0.3) is 5.95 Å². The molecule has 2 aromatic rings. The zero-order valence-corrected chi connectivity index (χ0v) is 12.7.